The van der Waals surface area contributed by atoms with E-state index in [4.69, 9.17) is 0 Å². The number of nitrogens with one attached hydrogen (secondary N) is 1. The Bertz CT molecular complexity index is 110. The number of rotatable bonds is 2. The van der Waals surface area contributed by atoms with E-state index in [2.05, 4.69) is 10.1 Å². The van der Waals surface area contributed by atoms with Crippen LogP contribution in [0.5, 0.6) is 0 Å². The highest BCUT2D eigenvalue weighted by atomic mass is 19.4. The van der Waals surface area contributed by atoms with Crippen molar-refractivity contribution in [2.24, 2.45) is 0 Å². The Hall–Kier alpha value is -0.290. The lowest BCUT2D eigenvalue weighted by Gasteiger charge is -2.27. The van der Waals surface area contributed by atoms with Crippen molar-refractivity contribution in [2.75, 3.05) is 19.8 Å². The number of hydrogen-bond donors (Lipinski definition) is 1. The number of hydrogen-bond acceptors (Lipinski definition) is 2. The van der Waals surface area contributed by atoms with Crippen LogP contribution < -0.4 is 5.32 Å². The van der Waals surface area contributed by atoms with E-state index in [0.717, 1.165) is 0 Å². The van der Waals surface area contributed by atoms with E-state index >= 15 is 0 Å². The first kappa shape index (κ1) is 7.81. The summed E-state index contributed by atoms with van der Waals surface area (Å²) in [5.74, 6) is 0. The van der Waals surface area contributed by atoms with Gasteiger partial charge in [-0.05, 0) is 0 Å². The third-order valence-corrected chi connectivity index (χ3v) is 1.23. The maximum absolute atomic E-state index is 11.5. The molecule has 2 nitrogen and oxygen atoms in total. The molecule has 0 aliphatic carbocycles. The molecule has 1 rings (SSSR count). The standard InChI is InChI=1S/C5H8F3NO/c6-5(7,8)3-9-4-1-10-2-4/h4,9H,1-3H2. The highest BCUT2D eigenvalue weighted by Gasteiger charge is 2.29. The van der Waals surface area contributed by atoms with Crippen LogP contribution in [-0.4, -0.2) is 32.0 Å². The molecule has 0 radical (unpaired) electrons. The van der Waals surface area contributed by atoms with Crippen LogP contribution in [0.3, 0.4) is 0 Å². The van der Waals surface area contributed by atoms with E-state index in [1.165, 1.54) is 0 Å². The quantitative estimate of drug-likeness (QED) is 0.628. The summed E-state index contributed by atoms with van der Waals surface area (Å²) in [7, 11) is 0. The maximum Gasteiger partial charge on any atom is 0.401 e. The van der Waals surface area contributed by atoms with E-state index in [9.17, 15) is 13.2 Å². The first-order valence-corrected chi connectivity index (χ1v) is 2.96. The van der Waals surface area contributed by atoms with Crippen molar-refractivity contribution in [3.63, 3.8) is 0 Å². The summed E-state index contributed by atoms with van der Waals surface area (Å²) in [5.41, 5.74) is 0. The van der Waals surface area contributed by atoms with Crippen LogP contribution in [0.1, 0.15) is 0 Å². The van der Waals surface area contributed by atoms with Crippen LogP contribution in [0.4, 0.5) is 13.2 Å². The average molecular weight is 155 g/mol. The smallest absolute Gasteiger partial charge is 0.378 e. The van der Waals surface area contributed by atoms with Gasteiger partial charge < -0.3 is 10.1 Å². The van der Waals surface area contributed by atoms with Gasteiger partial charge in [-0.3, -0.25) is 0 Å². The number of alkyl halides is 3. The molecule has 10 heavy (non-hydrogen) atoms. The molecule has 0 aromatic rings. The van der Waals surface area contributed by atoms with Crippen LogP contribution in [0.25, 0.3) is 0 Å². The Morgan fingerprint density at radius 3 is 2.30 bits per heavy atom. The molecule has 0 unspecified atom stereocenters. The Morgan fingerprint density at radius 1 is 1.40 bits per heavy atom. The predicted octanol–water partition coefficient (Wildman–Crippen LogP) is 0.537. The van der Waals surface area contributed by atoms with Crippen LogP contribution in [0, 0.1) is 0 Å². The third-order valence-electron chi connectivity index (χ3n) is 1.23. The second kappa shape index (κ2) is 2.75. The zero-order valence-corrected chi connectivity index (χ0v) is 5.24. The van der Waals surface area contributed by atoms with Crippen molar-refractivity contribution >= 4 is 0 Å². The first-order valence-electron chi connectivity index (χ1n) is 2.96. The van der Waals surface area contributed by atoms with Crippen LogP contribution in [0.15, 0.2) is 0 Å². The minimum atomic E-state index is -4.10. The first-order chi connectivity index (χ1) is 4.58. The van der Waals surface area contributed by atoms with Gasteiger partial charge >= 0.3 is 6.18 Å². The summed E-state index contributed by atoms with van der Waals surface area (Å²) >= 11 is 0. The minimum absolute atomic E-state index is 0.0957. The summed E-state index contributed by atoms with van der Waals surface area (Å²) in [4.78, 5) is 0. The van der Waals surface area contributed by atoms with Gasteiger partial charge in [-0.1, -0.05) is 0 Å². The minimum Gasteiger partial charge on any atom is -0.378 e. The zero-order valence-electron chi connectivity index (χ0n) is 5.24. The lowest BCUT2D eigenvalue weighted by atomic mass is 10.2. The molecule has 0 spiro atoms. The van der Waals surface area contributed by atoms with Gasteiger partial charge in [0.05, 0.1) is 25.8 Å². The molecule has 0 saturated carbocycles. The molecule has 0 bridgehead atoms. The van der Waals surface area contributed by atoms with E-state index < -0.39 is 12.7 Å². The van der Waals surface area contributed by atoms with E-state index in [1.807, 2.05) is 0 Å². The second-order valence-corrected chi connectivity index (χ2v) is 2.23. The van der Waals surface area contributed by atoms with Gasteiger partial charge in [0.15, 0.2) is 0 Å². The second-order valence-electron chi connectivity index (χ2n) is 2.23. The van der Waals surface area contributed by atoms with E-state index in [-0.39, 0.29) is 6.04 Å². The summed E-state index contributed by atoms with van der Waals surface area (Å²) in [6, 6.07) is -0.0957. The largest absolute Gasteiger partial charge is 0.401 e. The Kier molecular flexibility index (Phi) is 2.15. The van der Waals surface area contributed by atoms with Gasteiger partial charge in [0.1, 0.15) is 0 Å². The Balaban J connectivity index is 2.04. The van der Waals surface area contributed by atoms with Crippen molar-refractivity contribution in [3.05, 3.63) is 0 Å². The molecule has 1 saturated heterocycles. The monoisotopic (exact) mass is 155 g/mol. The third kappa shape index (κ3) is 2.53. The van der Waals surface area contributed by atoms with Crippen molar-refractivity contribution in [1.29, 1.82) is 0 Å². The molecule has 0 atom stereocenters. The molecule has 1 aliphatic heterocycles. The van der Waals surface area contributed by atoms with Gasteiger partial charge in [-0.15, -0.1) is 0 Å². The van der Waals surface area contributed by atoms with Crippen LogP contribution in [-0.2, 0) is 4.74 Å². The molecule has 0 aromatic carbocycles. The predicted molar refractivity (Wildman–Crippen MR) is 28.7 cm³/mol. The molecule has 5 heteroatoms. The van der Waals surface area contributed by atoms with Gasteiger partial charge in [0.25, 0.3) is 0 Å². The summed E-state index contributed by atoms with van der Waals surface area (Å²) in [5, 5.41) is 2.31. The molecule has 1 fully saturated rings. The van der Waals surface area contributed by atoms with Crippen molar-refractivity contribution in [1.82, 2.24) is 5.32 Å². The molecule has 1 heterocycles. The summed E-state index contributed by atoms with van der Waals surface area (Å²) in [6.45, 7) is -0.118. The highest BCUT2D eigenvalue weighted by Crippen LogP contribution is 2.13. The highest BCUT2D eigenvalue weighted by molar-refractivity contribution is 4.73. The fraction of sp³-hybridized carbons (Fsp3) is 1.00. The number of ether oxygens (including phenoxy) is 1. The van der Waals surface area contributed by atoms with E-state index in [0.29, 0.717) is 13.2 Å². The fourth-order valence-corrected chi connectivity index (χ4v) is 0.614. The molecule has 1 N–H and O–H groups in total. The van der Waals surface area contributed by atoms with Gasteiger partial charge in [-0.25, -0.2) is 0 Å². The SMILES string of the molecule is FC(F)(F)CNC1COC1. The average Bonchev–Trinajstić information content (AvgIpc) is 1.56. The van der Waals surface area contributed by atoms with Crippen LogP contribution in [0.2, 0.25) is 0 Å². The topological polar surface area (TPSA) is 21.3 Å². The van der Waals surface area contributed by atoms with Crippen LogP contribution >= 0.6 is 0 Å². The lowest BCUT2D eigenvalue weighted by Crippen LogP contribution is -2.49. The molecule has 60 valence electrons. The molecule has 1 aliphatic rings. The number of halogens is 3. The lowest BCUT2D eigenvalue weighted by molar-refractivity contribution is -0.132. The van der Waals surface area contributed by atoms with Crippen molar-refractivity contribution < 1.29 is 17.9 Å². The van der Waals surface area contributed by atoms with Gasteiger partial charge in [0.2, 0.25) is 0 Å². The Labute approximate surface area is 56.4 Å². The maximum atomic E-state index is 11.5. The van der Waals surface area contributed by atoms with Crippen molar-refractivity contribution in [2.45, 2.75) is 12.2 Å². The fourth-order valence-electron chi connectivity index (χ4n) is 0.614. The van der Waals surface area contributed by atoms with Gasteiger partial charge in [-0.2, -0.15) is 13.2 Å². The summed E-state index contributed by atoms with van der Waals surface area (Å²) in [6.07, 6.45) is -4.10. The van der Waals surface area contributed by atoms with Crippen molar-refractivity contribution in [3.8, 4) is 0 Å². The molecule has 0 aromatic heterocycles. The van der Waals surface area contributed by atoms with E-state index in [1.54, 1.807) is 0 Å². The molecular weight excluding hydrogens is 147 g/mol. The zero-order chi connectivity index (χ0) is 7.61. The molecular formula is C5H8F3NO. The Morgan fingerprint density at radius 2 is 2.00 bits per heavy atom. The van der Waals surface area contributed by atoms with Gasteiger partial charge in [0, 0.05) is 0 Å². The summed E-state index contributed by atoms with van der Waals surface area (Å²) < 4.78 is 39.1. The normalized spacial score (nSPS) is 20.7. The molecule has 0 amide bonds.